The highest BCUT2D eigenvalue weighted by atomic mass is 35.5. The lowest BCUT2D eigenvalue weighted by Crippen LogP contribution is -2.21. The van der Waals surface area contributed by atoms with Crippen LogP contribution in [-0.2, 0) is 6.54 Å². The molecule has 1 N–H and O–H groups in total. The van der Waals surface area contributed by atoms with E-state index in [1.807, 2.05) is 25.1 Å². The van der Waals surface area contributed by atoms with E-state index in [0.717, 1.165) is 28.6 Å². The topological polar surface area (TPSA) is 34.1 Å². The van der Waals surface area contributed by atoms with Gasteiger partial charge in [0.05, 0.1) is 18.4 Å². The van der Waals surface area contributed by atoms with Gasteiger partial charge in [-0.3, -0.25) is 0 Å². The number of benzene rings is 1. The van der Waals surface area contributed by atoms with Gasteiger partial charge in [0.1, 0.15) is 10.8 Å². The van der Waals surface area contributed by atoms with Crippen LogP contribution in [0.1, 0.15) is 24.4 Å². The number of rotatable bonds is 5. The van der Waals surface area contributed by atoms with Crippen molar-refractivity contribution in [2.24, 2.45) is 0 Å². The Labute approximate surface area is 129 Å². The molecule has 20 heavy (non-hydrogen) atoms. The summed E-state index contributed by atoms with van der Waals surface area (Å²) in [4.78, 5) is 5.91. The van der Waals surface area contributed by atoms with Gasteiger partial charge in [0.15, 0.2) is 0 Å². The molecule has 0 amide bonds. The number of nitrogens with zero attached hydrogens (tertiary/aromatic N) is 1. The maximum Gasteiger partial charge on any atom is 0.130 e. The van der Waals surface area contributed by atoms with Crippen molar-refractivity contribution in [3.05, 3.63) is 33.8 Å². The summed E-state index contributed by atoms with van der Waals surface area (Å²) >= 11 is 7.69. The van der Waals surface area contributed by atoms with Gasteiger partial charge in [0.25, 0.3) is 0 Å². The van der Waals surface area contributed by atoms with Crippen LogP contribution in [0.25, 0.3) is 10.6 Å². The number of halogens is 1. The van der Waals surface area contributed by atoms with Crippen LogP contribution in [0.15, 0.2) is 18.2 Å². The predicted molar refractivity (Wildman–Crippen MR) is 85.8 cm³/mol. The number of nitrogens with one attached hydrogen (secondary N) is 1. The van der Waals surface area contributed by atoms with Crippen LogP contribution < -0.4 is 10.1 Å². The lowest BCUT2D eigenvalue weighted by atomic mass is 10.2. The maximum atomic E-state index is 6.00. The zero-order valence-corrected chi connectivity index (χ0v) is 13.7. The number of aromatic nitrogens is 1. The van der Waals surface area contributed by atoms with E-state index >= 15 is 0 Å². The molecule has 1 heterocycles. The van der Waals surface area contributed by atoms with Gasteiger partial charge >= 0.3 is 0 Å². The molecular formula is C15H19ClN2OS. The molecule has 2 rings (SSSR count). The van der Waals surface area contributed by atoms with Crippen LogP contribution in [0, 0.1) is 6.92 Å². The van der Waals surface area contributed by atoms with Crippen LogP contribution >= 0.6 is 22.9 Å². The second kappa shape index (κ2) is 6.57. The van der Waals surface area contributed by atoms with Gasteiger partial charge in [0, 0.05) is 22.5 Å². The van der Waals surface area contributed by atoms with Crippen LogP contribution in [0.4, 0.5) is 0 Å². The minimum atomic E-state index is 0.463. The van der Waals surface area contributed by atoms with Crippen LogP contribution in [0.2, 0.25) is 5.02 Å². The molecule has 0 saturated carbocycles. The van der Waals surface area contributed by atoms with Crippen molar-refractivity contribution in [1.29, 1.82) is 0 Å². The summed E-state index contributed by atoms with van der Waals surface area (Å²) in [6.45, 7) is 7.16. The molecule has 0 aliphatic heterocycles. The third kappa shape index (κ3) is 3.51. The number of hydrogen-bond donors (Lipinski definition) is 1. The molecule has 0 saturated heterocycles. The number of methoxy groups -OCH3 is 1. The summed E-state index contributed by atoms with van der Waals surface area (Å²) < 4.78 is 5.39. The highest BCUT2D eigenvalue weighted by Crippen LogP contribution is 2.36. The van der Waals surface area contributed by atoms with Gasteiger partial charge in [-0.25, -0.2) is 4.98 Å². The number of hydrogen-bond acceptors (Lipinski definition) is 4. The highest BCUT2D eigenvalue weighted by molar-refractivity contribution is 7.15. The molecule has 1 aromatic heterocycles. The van der Waals surface area contributed by atoms with Crippen molar-refractivity contribution in [1.82, 2.24) is 10.3 Å². The van der Waals surface area contributed by atoms with Gasteiger partial charge in [-0.05, 0) is 25.1 Å². The maximum absolute atomic E-state index is 6.00. The minimum Gasteiger partial charge on any atom is -0.496 e. The summed E-state index contributed by atoms with van der Waals surface area (Å²) in [5.41, 5.74) is 2.05. The predicted octanol–water partition coefficient (Wildman–Crippen LogP) is 4.28. The average Bonchev–Trinajstić information content (AvgIpc) is 2.77. The first kappa shape index (κ1) is 15.3. The van der Waals surface area contributed by atoms with E-state index in [9.17, 15) is 0 Å². The zero-order valence-electron chi connectivity index (χ0n) is 12.2. The Hall–Kier alpha value is -1.10. The second-order valence-electron chi connectivity index (χ2n) is 4.91. The summed E-state index contributed by atoms with van der Waals surface area (Å²) in [6, 6.07) is 6.10. The van der Waals surface area contributed by atoms with Gasteiger partial charge in [-0.15, -0.1) is 11.3 Å². The van der Waals surface area contributed by atoms with Gasteiger partial charge in [-0.2, -0.15) is 0 Å². The SMILES string of the molecule is COc1cc(Cl)ccc1-c1nc(C)c(CNC(C)C)s1. The molecule has 108 valence electrons. The van der Waals surface area contributed by atoms with E-state index in [1.54, 1.807) is 18.4 Å². The first-order valence-corrected chi connectivity index (χ1v) is 7.74. The third-order valence-electron chi connectivity index (χ3n) is 2.96. The fourth-order valence-corrected chi connectivity index (χ4v) is 3.05. The second-order valence-corrected chi connectivity index (χ2v) is 6.43. The standard InChI is InChI=1S/C15H19ClN2OS/c1-9(2)17-8-14-10(3)18-15(20-14)12-6-5-11(16)7-13(12)19-4/h5-7,9,17H,8H2,1-4H3. The molecule has 0 aliphatic rings. The normalized spacial score (nSPS) is 11.1. The largest absolute Gasteiger partial charge is 0.496 e. The van der Waals surface area contributed by atoms with E-state index in [0.29, 0.717) is 11.1 Å². The highest BCUT2D eigenvalue weighted by Gasteiger charge is 2.13. The monoisotopic (exact) mass is 310 g/mol. The van der Waals surface area contributed by atoms with Gasteiger partial charge in [0.2, 0.25) is 0 Å². The quantitative estimate of drug-likeness (QED) is 0.895. The summed E-state index contributed by atoms with van der Waals surface area (Å²) in [7, 11) is 1.65. The molecular weight excluding hydrogens is 292 g/mol. The Morgan fingerprint density at radius 3 is 2.80 bits per heavy atom. The Kier molecular flexibility index (Phi) is 5.02. The number of aryl methyl sites for hydroxylation is 1. The Balaban J connectivity index is 2.32. The molecule has 0 aliphatic carbocycles. The molecule has 0 radical (unpaired) electrons. The van der Waals surface area contributed by atoms with Gasteiger partial charge < -0.3 is 10.1 Å². The molecule has 0 atom stereocenters. The molecule has 0 bridgehead atoms. The van der Waals surface area contributed by atoms with Crippen molar-refractivity contribution in [3.8, 4) is 16.3 Å². The lowest BCUT2D eigenvalue weighted by Gasteiger charge is -2.06. The summed E-state index contributed by atoms with van der Waals surface area (Å²) in [5, 5.41) is 5.06. The molecule has 0 spiro atoms. The van der Waals surface area contributed by atoms with E-state index in [2.05, 4.69) is 24.1 Å². The van der Waals surface area contributed by atoms with E-state index < -0.39 is 0 Å². The van der Waals surface area contributed by atoms with E-state index in [1.165, 1.54) is 4.88 Å². The molecule has 0 unspecified atom stereocenters. The van der Waals surface area contributed by atoms with Crippen LogP contribution in [-0.4, -0.2) is 18.1 Å². The summed E-state index contributed by atoms with van der Waals surface area (Å²) in [5.74, 6) is 0.759. The number of ether oxygens (including phenoxy) is 1. The number of thiazole rings is 1. The van der Waals surface area contributed by atoms with E-state index in [4.69, 9.17) is 16.3 Å². The summed E-state index contributed by atoms with van der Waals surface area (Å²) in [6.07, 6.45) is 0. The first-order valence-electron chi connectivity index (χ1n) is 6.55. The van der Waals surface area contributed by atoms with Crippen LogP contribution in [0.3, 0.4) is 0 Å². The first-order chi connectivity index (χ1) is 9.51. The van der Waals surface area contributed by atoms with Crippen molar-refractivity contribution in [2.45, 2.75) is 33.4 Å². The minimum absolute atomic E-state index is 0.463. The van der Waals surface area contributed by atoms with Crippen molar-refractivity contribution in [2.75, 3.05) is 7.11 Å². The molecule has 1 aromatic carbocycles. The van der Waals surface area contributed by atoms with E-state index in [-0.39, 0.29) is 0 Å². The van der Waals surface area contributed by atoms with Gasteiger partial charge in [-0.1, -0.05) is 25.4 Å². The van der Waals surface area contributed by atoms with Crippen molar-refractivity contribution >= 4 is 22.9 Å². The molecule has 0 fully saturated rings. The Morgan fingerprint density at radius 1 is 1.40 bits per heavy atom. The lowest BCUT2D eigenvalue weighted by molar-refractivity contribution is 0.416. The van der Waals surface area contributed by atoms with Crippen molar-refractivity contribution < 1.29 is 4.74 Å². The van der Waals surface area contributed by atoms with Crippen molar-refractivity contribution in [3.63, 3.8) is 0 Å². The van der Waals surface area contributed by atoms with Crippen LogP contribution in [0.5, 0.6) is 5.75 Å². The molecule has 2 aromatic rings. The smallest absolute Gasteiger partial charge is 0.130 e. The Bertz CT molecular complexity index is 596. The fourth-order valence-electron chi connectivity index (χ4n) is 1.85. The molecule has 3 nitrogen and oxygen atoms in total. The third-order valence-corrected chi connectivity index (χ3v) is 4.38. The molecule has 5 heteroatoms. The Morgan fingerprint density at radius 2 is 2.15 bits per heavy atom. The zero-order chi connectivity index (χ0) is 14.7. The fraction of sp³-hybridized carbons (Fsp3) is 0.400. The average molecular weight is 311 g/mol.